The van der Waals surface area contributed by atoms with Crippen LogP contribution >= 0.6 is 0 Å². The molecule has 4 aromatic rings. The molecule has 0 radical (unpaired) electrons. The number of hydrogen-bond acceptors (Lipinski definition) is 4. The Kier molecular flexibility index (Phi) is 4.83. The molecule has 3 N–H and O–H groups in total. The zero-order chi connectivity index (χ0) is 20.5. The molecule has 30 heavy (non-hydrogen) atoms. The number of aryl methyl sites for hydroxylation is 1. The van der Waals surface area contributed by atoms with Gasteiger partial charge in [-0.15, -0.1) is 0 Å². The van der Waals surface area contributed by atoms with Gasteiger partial charge in [-0.1, -0.05) is 48.5 Å². The number of pyridine rings is 1. The number of anilines is 1. The van der Waals surface area contributed by atoms with Crippen molar-refractivity contribution in [3.05, 3.63) is 66.5 Å². The lowest BCUT2D eigenvalue weighted by Crippen LogP contribution is -2.26. The second-order valence-corrected chi connectivity index (χ2v) is 8.01. The van der Waals surface area contributed by atoms with Crippen LogP contribution in [0.2, 0.25) is 0 Å². The van der Waals surface area contributed by atoms with Crippen LogP contribution in [0.25, 0.3) is 21.9 Å². The largest absolute Gasteiger partial charge is 0.382 e. The number of carbonyl (C=O) groups excluding carboxylic acids is 1. The average molecular weight is 399 g/mol. The fraction of sp³-hybridized carbons (Fsp3) is 0.292. The molecule has 2 aromatic carbocycles. The maximum atomic E-state index is 12.4. The number of nitrogens with one attached hydrogen (secondary N) is 1. The standard InChI is InChI=1S/C24H25N5O/c25-23-21-22(17-10-4-5-11-20(17)28-23)29(15-27-21)13-7-6-12-26-24(30)19-14-18(19)16-8-2-1-3-9-16/h1-5,8-11,15,18-19H,6-7,12-14H2,(H2,25,28)(H,26,30)/t18-,19+/m1/s1. The summed E-state index contributed by atoms with van der Waals surface area (Å²) >= 11 is 0. The summed E-state index contributed by atoms with van der Waals surface area (Å²) in [5, 5.41) is 4.17. The number of nitrogens with two attached hydrogens (primary N) is 1. The van der Waals surface area contributed by atoms with Crippen molar-refractivity contribution >= 4 is 33.7 Å². The summed E-state index contributed by atoms with van der Waals surface area (Å²) in [6.45, 7) is 1.53. The number of carbonyl (C=O) groups is 1. The number of rotatable bonds is 7. The van der Waals surface area contributed by atoms with E-state index in [2.05, 4.69) is 38.1 Å². The van der Waals surface area contributed by atoms with Crippen LogP contribution in [-0.4, -0.2) is 27.0 Å². The van der Waals surface area contributed by atoms with Crippen LogP contribution in [0, 0.1) is 5.92 Å². The van der Waals surface area contributed by atoms with Crippen molar-refractivity contribution in [2.75, 3.05) is 12.3 Å². The van der Waals surface area contributed by atoms with Gasteiger partial charge in [-0.05, 0) is 36.8 Å². The van der Waals surface area contributed by atoms with E-state index in [1.807, 2.05) is 42.7 Å². The third-order valence-corrected chi connectivity index (χ3v) is 5.96. The minimum Gasteiger partial charge on any atom is -0.382 e. The highest BCUT2D eigenvalue weighted by molar-refractivity contribution is 6.06. The second kappa shape index (κ2) is 7.78. The summed E-state index contributed by atoms with van der Waals surface area (Å²) in [4.78, 5) is 21.3. The number of unbranched alkanes of at least 4 members (excludes halogenated alkanes) is 1. The maximum absolute atomic E-state index is 12.4. The zero-order valence-corrected chi connectivity index (χ0v) is 16.8. The van der Waals surface area contributed by atoms with Gasteiger partial charge in [0.05, 0.1) is 17.4 Å². The molecule has 0 bridgehead atoms. The molecular weight excluding hydrogens is 374 g/mol. The van der Waals surface area contributed by atoms with E-state index in [1.165, 1.54) is 5.56 Å². The van der Waals surface area contributed by atoms with E-state index in [9.17, 15) is 4.79 Å². The zero-order valence-electron chi connectivity index (χ0n) is 16.8. The van der Waals surface area contributed by atoms with Crippen molar-refractivity contribution in [2.45, 2.75) is 31.7 Å². The molecule has 0 aliphatic heterocycles. The van der Waals surface area contributed by atoms with Crippen molar-refractivity contribution in [2.24, 2.45) is 5.92 Å². The monoisotopic (exact) mass is 399 g/mol. The molecule has 1 fully saturated rings. The number of benzene rings is 2. The van der Waals surface area contributed by atoms with Crippen molar-refractivity contribution in [1.82, 2.24) is 19.9 Å². The van der Waals surface area contributed by atoms with Crippen molar-refractivity contribution < 1.29 is 4.79 Å². The molecule has 0 saturated heterocycles. The van der Waals surface area contributed by atoms with Crippen LogP contribution in [0.3, 0.4) is 0 Å². The summed E-state index contributed by atoms with van der Waals surface area (Å²) in [7, 11) is 0. The molecule has 2 aromatic heterocycles. The fourth-order valence-corrected chi connectivity index (χ4v) is 4.28. The van der Waals surface area contributed by atoms with Crippen molar-refractivity contribution in [1.29, 1.82) is 0 Å². The van der Waals surface area contributed by atoms with Gasteiger partial charge in [0.1, 0.15) is 5.52 Å². The SMILES string of the molecule is Nc1nc2ccccc2c2c1ncn2CCCCNC(=O)[C@H]1C[C@@H]1c1ccccc1. The lowest BCUT2D eigenvalue weighted by Gasteiger charge is -2.08. The molecule has 1 aliphatic rings. The molecule has 1 saturated carbocycles. The first-order chi connectivity index (χ1) is 14.7. The first-order valence-electron chi connectivity index (χ1n) is 10.5. The third-order valence-electron chi connectivity index (χ3n) is 5.96. The molecule has 6 nitrogen and oxygen atoms in total. The molecule has 5 rings (SSSR count). The number of nitrogens with zero attached hydrogens (tertiary/aromatic N) is 3. The molecule has 2 atom stereocenters. The molecule has 6 heteroatoms. The van der Waals surface area contributed by atoms with E-state index < -0.39 is 0 Å². The van der Waals surface area contributed by atoms with E-state index >= 15 is 0 Å². The Bertz CT molecular complexity index is 1200. The van der Waals surface area contributed by atoms with E-state index in [-0.39, 0.29) is 11.8 Å². The number of amides is 1. The molecule has 2 heterocycles. The van der Waals surface area contributed by atoms with E-state index in [4.69, 9.17) is 5.73 Å². The molecule has 1 aliphatic carbocycles. The Morgan fingerprint density at radius 1 is 1.10 bits per heavy atom. The van der Waals surface area contributed by atoms with E-state index in [0.717, 1.165) is 47.7 Å². The topological polar surface area (TPSA) is 85.8 Å². The van der Waals surface area contributed by atoms with Crippen LogP contribution in [0.5, 0.6) is 0 Å². The fourth-order valence-electron chi connectivity index (χ4n) is 4.28. The number of hydrogen-bond donors (Lipinski definition) is 2. The summed E-state index contributed by atoms with van der Waals surface area (Å²) in [6, 6.07) is 18.3. The summed E-state index contributed by atoms with van der Waals surface area (Å²) in [5.41, 5.74) is 10.0. The predicted octanol–water partition coefficient (Wildman–Crippen LogP) is 3.87. The van der Waals surface area contributed by atoms with Crippen molar-refractivity contribution in [3.8, 4) is 0 Å². The van der Waals surface area contributed by atoms with Gasteiger partial charge in [0, 0.05) is 24.4 Å². The van der Waals surface area contributed by atoms with E-state index in [0.29, 0.717) is 18.3 Å². The minimum absolute atomic E-state index is 0.131. The molecule has 0 spiro atoms. The third kappa shape index (κ3) is 3.49. The van der Waals surface area contributed by atoms with Gasteiger partial charge >= 0.3 is 0 Å². The minimum atomic E-state index is 0.131. The lowest BCUT2D eigenvalue weighted by molar-refractivity contribution is -0.122. The number of para-hydroxylation sites is 1. The highest BCUT2D eigenvalue weighted by atomic mass is 16.2. The van der Waals surface area contributed by atoms with Gasteiger partial charge in [-0.25, -0.2) is 9.97 Å². The summed E-state index contributed by atoms with van der Waals surface area (Å²) in [6.07, 6.45) is 4.67. The van der Waals surface area contributed by atoms with Gasteiger partial charge in [0.2, 0.25) is 5.91 Å². The highest BCUT2D eigenvalue weighted by Gasteiger charge is 2.43. The molecule has 0 unspecified atom stereocenters. The van der Waals surface area contributed by atoms with Crippen LogP contribution < -0.4 is 11.1 Å². The predicted molar refractivity (Wildman–Crippen MR) is 119 cm³/mol. The van der Waals surface area contributed by atoms with Gasteiger partial charge < -0.3 is 15.6 Å². The number of aromatic nitrogens is 3. The Labute approximate surface area is 175 Å². The maximum Gasteiger partial charge on any atom is 0.223 e. The van der Waals surface area contributed by atoms with Crippen LogP contribution in [0.15, 0.2) is 60.9 Å². The number of nitrogen functional groups attached to an aromatic ring is 1. The highest BCUT2D eigenvalue weighted by Crippen LogP contribution is 2.47. The number of imidazole rings is 1. The van der Waals surface area contributed by atoms with Gasteiger partial charge in [0.15, 0.2) is 5.82 Å². The lowest BCUT2D eigenvalue weighted by atomic mass is 10.1. The number of fused-ring (bicyclic) bond motifs is 3. The van der Waals surface area contributed by atoms with Crippen molar-refractivity contribution in [3.63, 3.8) is 0 Å². The van der Waals surface area contributed by atoms with Gasteiger partial charge in [-0.2, -0.15) is 0 Å². The first-order valence-corrected chi connectivity index (χ1v) is 10.5. The summed E-state index contributed by atoms with van der Waals surface area (Å²) in [5.74, 6) is 1.16. The Balaban J connectivity index is 1.15. The summed E-state index contributed by atoms with van der Waals surface area (Å²) < 4.78 is 2.14. The average Bonchev–Trinajstić information content (AvgIpc) is 3.47. The normalized spacial score (nSPS) is 18.0. The van der Waals surface area contributed by atoms with Crippen LogP contribution in [0.4, 0.5) is 5.82 Å². The first kappa shape index (κ1) is 18.6. The quantitative estimate of drug-likeness (QED) is 0.462. The Morgan fingerprint density at radius 2 is 1.90 bits per heavy atom. The molecule has 1 amide bonds. The van der Waals surface area contributed by atoms with Crippen LogP contribution in [0.1, 0.15) is 30.7 Å². The molecule has 152 valence electrons. The smallest absolute Gasteiger partial charge is 0.223 e. The molecular formula is C24H25N5O. The Morgan fingerprint density at radius 3 is 2.77 bits per heavy atom. The van der Waals surface area contributed by atoms with E-state index in [1.54, 1.807) is 0 Å². The van der Waals surface area contributed by atoms with Gasteiger partial charge in [0.25, 0.3) is 0 Å². The van der Waals surface area contributed by atoms with Gasteiger partial charge in [-0.3, -0.25) is 4.79 Å². The Hall–Kier alpha value is -3.41. The van der Waals surface area contributed by atoms with Crippen LogP contribution in [-0.2, 0) is 11.3 Å². The second-order valence-electron chi connectivity index (χ2n) is 8.01.